The molecule has 0 aliphatic heterocycles. The van der Waals surface area contributed by atoms with Crippen LogP contribution in [0.15, 0.2) is 30.3 Å². The van der Waals surface area contributed by atoms with Gasteiger partial charge in [0.1, 0.15) is 5.54 Å². The predicted octanol–water partition coefficient (Wildman–Crippen LogP) is 2.55. The van der Waals surface area contributed by atoms with Crippen molar-refractivity contribution in [2.75, 3.05) is 27.2 Å². The van der Waals surface area contributed by atoms with E-state index in [1.54, 1.807) is 7.05 Å². The Hall–Kier alpha value is -1.39. The summed E-state index contributed by atoms with van der Waals surface area (Å²) in [6.07, 6.45) is 1.67. The SMILES string of the molecule is CNC(CCN(C)CCC(C)C)(C(=O)O)c1ccccc1. The van der Waals surface area contributed by atoms with Gasteiger partial charge in [0.2, 0.25) is 0 Å². The summed E-state index contributed by atoms with van der Waals surface area (Å²) in [4.78, 5) is 14.1. The van der Waals surface area contributed by atoms with Gasteiger partial charge >= 0.3 is 5.97 Å². The number of nitrogens with one attached hydrogen (secondary N) is 1. The third kappa shape index (κ3) is 4.83. The Kier molecular flexibility index (Phi) is 6.85. The van der Waals surface area contributed by atoms with Crippen molar-refractivity contribution in [3.63, 3.8) is 0 Å². The molecule has 0 aromatic heterocycles. The van der Waals surface area contributed by atoms with Crippen LogP contribution >= 0.6 is 0 Å². The molecule has 0 fully saturated rings. The van der Waals surface area contributed by atoms with Crippen molar-refractivity contribution in [2.24, 2.45) is 5.92 Å². The molecule has 118 valence electrons. The Labute approximate surface area is 128 Å². The van der Waals surface area contributed by atoms with Crippen LogP contribution < -0.4 is 5.32 Å². The van der Waals surface area contributed by atoms with Gasteiger partial charge in [0.15, 0.2) is 0 Å². The Bertz CT molecular complexity index is 434. The molecule has 0 saturated carbocycles. The molecule has 1 aromatic rings. The van der Waals surface area contributed by atoms with E-state index in [9.17, 15) is 9.90 Å². The van der Waals surface area contributed by atoms with E-state index in [2.05, 4.69) is 31.1 Å². The molecule has 0 heterocycles. The Morgan fingerprint density at radius 3 is 2.38 bits per heavy atom. The number of aliphatic carboxylic acids is 1. The molecule has 1 aromatic carbocycles. The minimum atomic E-state index is -1.02. The molecule has 0 aliphatic carbocycles. The molecule has 21 heavy (non-hydrogen) atoms. The highest BCUT2D eigenvalue weighted by atomic mass is 16.4. The third-order valence-corrected chi connectivity index (χ3v) is 4.02. The molecule has 0 saturated heterocycles. The second-order valence-corrected chi connectivity index (χ2v) is 6.06. The zero-order valence-corrected chi connectivity index (χ0v) is 13.6. The molecule has 0 radical (unpaired) electrons. The average Bonchev–Trinajstić information content (AvgIpc) is 2.47. The molecule has 4 heteroatoms. The van der Waals surface area contributed by atoms with Crippen LogP contribution in [0, 0.1) is 5.92 Å². The fourth-order valence-corrected chi connectivity index (χ4v) is 2.42. The first-order chi connectivity index (χ1) is 9.92. The lowest BCUT2D eigenvalue weighted by Crippen LogP contribution is -2.49. The van der Waals surface area contributed by atoms with E-state index in [1.807, 2.05) is 30.3 Å². The number of carbonyl (C=O) groups is 1. The van der Waals surface area contributed by atoms with E-state index >= 15 is 0 Å². The fraction of sp³-hybridized carbons (Fsp3) is 0.588. The highest BCUT2D eigenvalue weighted by Gasteiger charge is 2.38. The second kappa shape index (κ2) is 8.15. The smallest absolute Gasteiger partial charge is 0.328 e. The molecule has 1 atom stereocenters. The van der Waals surface area contributed by atoms with E-state index in [-0.39, 0.29) is 0 Å². The van der Waals surface area contributed by atoms with Gasteiger partial charge in [0, 0.05) is 6.54 Å². The minimum Gasteiger partial charge on any atom is -0.480 e. The molecule has 1 rings (SSSR count). The molecule has 0 amide bonds. The quantitative estimate of drug-likeness (QED) is 0.734. The van der Waals surface area contributed by atoms with E-state index < -0.39 is 11.5 Å². The molecular formula is C17H28N2O2. The monoisotopic (exact) mass is 292 g/mol. The first-order valence-corrected chi connectivity index (χ1v) is 7.58. The van der Waals surface area contributed by atoms with Crippen LogP contribution in [-0.2, 0) is 10.3 Å². The lowest BCUT2D eigenvalue weighted by atomic mass is 9.86. The normalized spacial score (nSPS) is 14.4. The molecule has 0 aliphatic rings. The highest BCUT2D eigenvalue weighted by molar-refractivity contribution is 5.80. The Morgan fingerprint density at radius 1 is 1.29 bits per heavy atom. The minimum absolute atomic E-state index is 0.539. The first-order valence-electron chi connectivity index (χ1n) is 7.58. The zero-order valence-electron chi connectivity index (χ0n) is 13.6. The molecule has 1 unspecified atom stereocenters. The predicted molar refractivity (Wildman–Crippen MR) is 86.4 cm³/mol. The van der Waals surface area contributed by atoms with Crippen LogP contribution in [0.1, 0.15) is 32.3 Å². The van der Waals surface area contributed by atoms with Crippen LogP contribution in [0.5, 0.6) is 0 Å². The summed E-state index contributed by atoms with van der Waals surface area (Å²) in [5.74, 6) is -0.163. The zero-order chi connectivity index (χ0) is 15.9. The van der Waals surface area contributed by atoms with Crippen LogP contribution in [0.2, 0.25) is 0 Å². The molecular weight excluding hydrogens is 264 g/mol. The van der Waals surface area contributed by atoms with Crippen molar-refractivity contribution in [3.05, 3.63) is 35.9 Å². The number of carboxylic acids is 1. The maximum absolute atomic E-state index is 11.9. The van der Waals surface area contributed by atoms with Gasteiger partial charge in [-0.1, -0.05) is 44.2 Å². The third-order valence-electron chi connectivity index (χ3n) is 4.02. The lowest BCUT2D eigenvalue weighted by molar-refractivity contribution is -0.145. The maximum atomic E-state index is 11.9. The van der Waals surface area contributed by atoms with Crippen molar-refractivity contribution >= 4 is 5.97 Å². The van der Waals surface area contributed by atoms with Crippen LogP contribution in [0.4, 0.5) is 0 Å². The Morgan fingerprint density at radius 2 is 1.90 bits per heavy atom. The van der Waals surface area contributed by atoms with Gasteiger partial charge in [0.25, 0.3) is 0 Å². The van der Waals surface area contributed by atoms with E-state index in [1.165, 1.54) is 0 Å². The van der Waals surface area contributed by atoms with Gasteiger partial charge in [-0.05, 0) is 45.0 Å². The Balaban J connectivity index is 2.78. The first kappa shape index (κ1) is 17.7. The summed E-state index contributed by atoms with van der Waals surface area (Å²) in [5, 5.41) is 12.8. The number of rotatable bonds is 9. The van der Waals surface area contributed by atoms with Crippen LogP contribution in [0.25, 0.3) is 0 Å². The van der Waals surface area contributed by atoms with E-state index in [0.717, 1.165) is 25.1 Å². The molecule has 0 bridgehead atoms. The van der Waals surface area contributed by atoms with Crippen LogP contribution in [0.3, 0.4) is 0 Å². The summed E-state index contributed by atoms with van der Waals surface area (Å²) in [6, 6.07) is 9.41. The van der Waals surface area contributed by atoms with Crippen molar-refractivity contribution in [3.8, 4) is 0 Å². The van der Waals surface area contributed by atoms with Crippen molar-refractivity contribution in [1.29, 1.82) is 0 Å². The number of hydrogen-bond acceptors (Lipinski definition) is 3. The molecule has 0 spiro atoms. The van der Waals surface area contributed by atoms with E-state index in [0.29, 0.717) is 12.3 Å². The van der Waals surface area contributed by atoms with Crippen LogP contribution in [-0.4, -0.2) is 43.2 Å². The summed E-state index contributed by atoms with van der Waals surface area (Å²) in [6.45, 7) is 6.14. The summed E-state index contributed by atoms with van der Waals surface area (Å²) < 4.78 is 0. The number of nitrogens with zero attached hydrogens (tertiary/aromatic N) is 1. The highest BCUT2D eigenvalue weighted by Crippen LogP contribution is 2.25. The summed E-state index contributed by atoms with van der Waals surface area (Å²) >= 11 is 0. The number of likely N-dealkylation sites (N-methyl/N-ethyl adjacent to an activating group) is 1. The van der Waals surface area contributed by atoms with Gasteiger partial charge in [-0.15, -0.1) is 0 Å². The number of benzene rings is 1. The summed E-state index contributed by atoms with van der Waals surface area (Å²) in [7, 11) is 3.77. The van der Waals surface area contributed by atoms with Crippen molar-refractivity contribution in [1.82, 2.24) is 10.2 Å². The van der Waals surface area contributed by atoms with Gasteiger partial charge in [-0.3, -0.25) is 0 Å². The molecule has 4 nitrogen and oxygen atoms in total. The number of carboxylic acid groups (broad SMARTS) is 1. The molecule has 2 N–H and O–H groups in total. The van der Waals surface area contributed by atoms with Crippen molar-refractivity contribution in [2.45, 2.75) is 32.2 Å². The largest absolute Gasteiger partial charge is 0.480 e. The van der Waals surface area contributed by atoms with E-state index in [4.69, 9.17) is 0 Å². The standard InChI is InChI=1S/C17H28N2O2/c1-14(2)10-12-19(4)13-11-17(18-3,16(20)21)15-8-6-5-7-9-15/h5-9,14,18H,10-13H2,1-4H3,(H,20,21). The fourth-order valence-electron chi connectivity index (χ4n) is 2.42. The average molecular weight is 292 g/mol. The maximum Gasteiger partial charge on any atom is 0.328 e. The van der Waals surface area contributed by atoms with Gasteiger partial charge in [-0.2, -0.15) is 0 Å². The van der Waals surface area contributed by atoms with Crippen molar-refractivity contribution < 1.29 is 9.90 Å². The lowest BCUT2D eigenvalue weighted by Gasteiger charge is -2.31. The topological polar surface area (TPSA) is 52.6 Å². The van der Waals surface area contributed by atoms with Gasteiger partial charge in [0.05, 0.1) is 0 Å². The summed E-state index contributed by atoms with van der Waals surface area (Å²) in [5.41, 5.74) is -0.217. The number of hydrogen-bond donors (Lipinski definition) is 2. The second-order valence-electron chi connectivity index (χ2n) is 6.06. The van der Waals surface area contributed by atoms with Gasteiger partial charge < -0.3 is 15.3 Å². The van der Waals surface area contributed by atoms with Gasteiger partial charge in [-0.25, -0.2) is 4.79 Å².